The smallest absolute Gasteiger partial charge is 0.282 e. The summed E-state index contributed by atoms with van der Waals surface area (Å²) in [5, 5.41) is 15.4. The molecule has 0 saturated carbocycles. The van der Waals surface area contributed by atoms with E-state index in [1.54, 1.807) is 6.07 Å². The standard InChI is InChI=1S/C17H20N6O4/c1-10(2)17-19-15(7-16(20-17)22(3)4)21-18-8-11-5-13-14(27-9-26-13)6-12(11)23(24)25/h5-8,10H,9H2,1-4H3,(H,19,20,21). The summed E-state index contributed by atoms with van der Waals surface area (Å²) in [6.07, 6.45) is 1.35. The van der Waals surface area contributed by atoms with Crippen LogP contribution in [0.4, 0.5) is 17.3 Å². The van der Waals surface area contributed by atoms with Gasteiger partial charge in [0, 0.05) is 26.1 Å². The number of nitrogens with zero attached hydrogens (tertiary/aromatic N) is 5. The van der Waals surface area contributed by atoms with Crippen LogP contribution in [0, 0.1) is 10.1 Å². The fraction of sp³-hybridized carbons (Fsp3) is 0.353. The molecule has 1 aliphatic rings. The normalized spacial score (nSPS) is 12.6. The van der Waals surface area contributed by atoms with E-state index in [1.165, 1.54) is 18.3 Å². The highest BCUT2D eigenvalue weighted by molar-refractivity contribution is 5.87. The third-order valence-electron chi connectivity index (χ3n) is 3.81. The lowest BCUT2D eigenvalue weighted by molar-refractivity contribution is -0.385. The van der Waals surface area contributed by atoms with E-state index in [2.05, 4.69) is 20.5 Å². The minimum atomic E-state index is -0.491. The molecular formula is C17H20N6O4. The van der Waals surface area contributed by atoms with E-state index >= 15 is 0 Å². The van der Waals surface area contributed by atoms with E-state index < -0.39 is 4.92 Å². The molecule has 0 amide bonds. The second-order valence-corrected chi connectivity index (χ2v) is 6.41. The monoisotopic (exact) mass is 372 g/mol. The first kappa shape index (κ1) is 18.4. The van der Waals surface area contributed by atoms with Gasteiger partial charge in [0.1, 0.15) is 11.6 Å². The predicted molar refractivity (Wildman–Crippen MR) is 101 cm³/mol. The third kappa shape index (κ3) is 4.05. The Kier molecular flexibility index (Phi) is 5.06. The predicted octanol–water partition coefficient (Wildman–Crippen LogP) is 2.75. The van der Waals surface area contributed by atoms with Gasteiger partial charge in [-0.2, -0.15) is 5.10 Å². The molecule has 3 rings (SSSR count). The second-order valence-electron chi connectivity index (χ2n) is 6.41. The molecular weight excluding hydrogens is 352 g/mol. The number of anilines is 2. The van der Waals surface area contributed by atoms with Gasteiger partial charge in [-0.05, 0) is 6.07 Å². The molecule has 27 heavy (non-hydrogen) atoms. The maximum absolute atomic E-state index is 11.3. The second kappa shape index (κ2) is 7.44. The summed E-state index contributed by atoms with van der Waals surface area (Å²) in [7, 11) is 3.77. The van der Waals surface area contributed by atoms with Crippen LogP contribution >= 0.6 is 0 Å². The highest BCUT2D eigenvalue weighted by Gasteiger charge is 2.22. The van der Waals surface area contributed by atoms with E-state index in [-0.39, 0.29) is 18.4 Å². The third-order valence-corrected chi connectivity index (χ3v) is 3.81. The summed E-state index contributed by atoms with van der Waals surface area (Å²) in [5.41, 5.74) is 2.99. The molecule has 1 aromatic heterocycles. The zero-order valence-electron chi connectivity index (χ0n) is 15.5. The molecule has 142 valence electrons. The number of hydrazone groups is 1. The van der Waals surface area contributed by atoms with Crippen molar-refractivity contribution in [1.29, 1.82) is 0 Å². The number of nitro benzene ring substituents is 1. The van der Waals surface area contributed by atoms with Crippen molar-refractivity contribution in [3.63, 3.8) is 0 Å². The molecule has 0 atom stereocenters. The van der Waals surface area contributed by atoms with Crippen molar-refractivity contribution in [3.8, 4) is 11.5 Å². The highest BCUT2D eigenvalue weighted by atomic mass is 16.7. The Labute approximate surface area is 156 Å². The SMILES string of the molecule is CC(C)c1nc(NN=Cc2cc3c(cc2[N+](=O)[O-])OCO3)cc(N(C)C)n1. The van der Waals surface area contributed by atoms with Crippen molar-refractivity contribution in [2.24, 2.45) is 5.10 Å². The first-order valence-electron chi connectivity index (χ1n) is 8.28. The van der Waals surface area contributed by atoms with Crippen LogP contribution in [0.15, 0.2) is 23.3 Å². The number of aromatic nitrogens is 2. The summed E-state index contributed by atoms with van der Waals surface area (Å²) < 4.78 is 10.5. The lowest BCUT2D eigenvalue weighted by Gasteiger charge is -2.15. The Morgan fingerprint density at radius 1 is 1.26 bits per heavy atom. The zero-order chi connectivity index (χ0) is 19.6. The number of benzene rings is 1. The van der Waals surface area contributed by atoms with E-state index in [1.807, 2.05) is 32.8 Å². The van der Waals surface area contributed by atoms with Gasteiger partial charge < -0.3 is 14.4 Å². The number of nitro groups is 1. The van der Waals surface area contributed by atoms with Gasteiger partial charge in [0.25, 0.3) is 5.69 Å². The Bertz CT molecular complexity index is 871. The Morgan fingerprint density at radius 3 is 2.59 bits per heavy atom. The van der Waals surface area contributed by atoms with Crippen LogP contribution in [0.25, 0.3) is 0 Å². The molecule has 1 aliphatic heterocycles. The molecule has 10 heteroatoms. The van der Waals surface area contributed by atoms with Gasteiger partial charge in [-0.3, -0.25) is 15.5 Å². The number of hydrogen-bond acceptors (Lipinski definition) is 9. The molecule has 0 unspecified atom stereocenters. The number of hydrogen-bond donors (Lipinski definition) is 1. The molecule has 0 aliphatic carbocycles. The molecule has 1 aromatic carbocycles. The van der Waals surface area contributed by atoms with Crippen molar-refractivity contribution in [1.82, 2.24) is 9.97 Å². The van der Waals surface area contributed by atoms with Crippen LogP contribution in [0.3, 0.4) is 0 Å². The molecule has 0 saturated heterocycles. The number of rotatable bonds is 6. The van der Waals surface area contributed by atoms with Crippen molar-refractivity contribution < 1.29 is 14.4 Å². The molecule has 0 radical (unpaired) electrons. The molecule has 2 heterocycles. The van der Waals surface area contributed by atoms with E-state index in [0.29, 0.717) is 28.7 Å². The summed E-state index contributed by atoms with van der Waals surface area (Å²) in [6, 6.07) is 4.60. The van der Waals surface area contributed by atoms with Crippen LogP contribution in [0.2, 0.25) is 0 Å². The van der Waals surface area contributed by atoms with Crippen molar-refractivity contribution >= 4 is 23.5 Å². The van der Waals surface area contributed by atoms with Gasteiger partial charge in [-0.25, -0.2) is 9.97 Å². The van der Waals surface area contributed by atoms with Crippen molar-refractivity contribution in [2.75, 3.05) is 31.2 Å². The fourth-order valence-corrected chi connectivity index (χ4v) is 2.37. The van der Waals surface area contributed by atoms with Crippen molar-refractivity contribution in [3.05, 3.63) is 39.7 Å². The maximum atomic E-state index is 11.3. The van der Waals surface area contributed by atoms with Crippen LogP contribution in [0.5, 0.6) is 11.5 Å². The minimum absolute atomic E-state index is 0.0392. The maximum Gasteiger partial charge on any atom is 0.282 e. The van der Waals surface area contributed by atoms with Gasteiger partial charge in [0.2, 0.25) is 6.79 Å². The lowest BCUT2D eigenvalue weighted by Crippen LogP contribution is -2.13. The largest absolute Gasteiger partial charge is 0.454 e. The molecule has 0 fully saturated rings. The van der Waals surface area contributed by atoms with Crippen LogP contribution in [0.1, 0.15) is 31.2 Å². The number of nitrogens with one attached hydrogen (secondary N) is 1. The summed E-state index contributed by atoms with van der Waals surface area (Å²) >= 11 is 0. The molecule has 1 N–H and O–H groups in total. The number of ether oxygens (including phenoxy) is 2. The van der Waals surface area contributed by atoms with Gasteiger partial charge in [0.15, 0.2) is 17.3 Å². The molecule has 0 bridgehead atoms. The van der Waals surface area contributed by atoms with E-state index in [4.69, 9.17) is 9.47 Å². The van der Waals surface area contributed by atoms with E-state index in [0.717, 1.165) is 5.82 Å². The first-order valence-corrected chi connectivity index (χ1v) is 8.28. The first-order chi connectivity index (χ1) is 12.8. The topological polar surface area (TPSA) is 115 Å². The molecule has 0 spiro atoms. The molecule has 10 nitrogen and oxygen atoms in total. The van der Waals surface area contributed by atoms with Crippen LogP contribution in [-0.2, 0) is 0 Å². The van der Waals surface area contributed by atoms with Gasteiger partial charge in [-0.15, -0.1) is 0 Å². The van der Waals surface area contributed by atoms with Crippen molar-refractivity contribution in [2.45, 2.75) is 19.8 Å². The van der Waals surface area contributed by atoms with Crippen LogP contribution in [-0.4, -0.2) is 42.0 Å². The average molecular weight is 372 g/mol. The van der Waals surface area contributed by atoms with E-state index in [9.17, 15) is 10.1 Å². The quantitative estimate of drug-likeness (QED) is 0.467. The minimum Gasteiger partial charge on any atom is -0.454 e. The van der Waals surface area contributed by atoms with Gasteiger partial charge in [-0.1, -0.05) is 13.8 Å². The average Bonchev–Trinajstić information content (AvgIpc) is 3.08. The highest BCUT2D eigenvalue weighted by Crippen LogP contribution is 2.37. The summed E-state index contributed by atoms with van der Waals surface area (Å²) in [6.45, 7) is 4.03. The Balaban J connectivity index is 1.87. The number of fused-ring (bicyclic) bond motifs is 1. The zero-order valence-corrected chi connectivity index (χ0v) is 15.5. The summed E-state index contributed by atoms with van der Waals surface area (Å²) in [5.74, 6) is 2.84. The Morgan fingerprint density at radius 2 is 1.96 bits per heavy atom. The molecule has 2 aromatic rings. The van der Waals surface area contributed by atoms with Gasteiger partial charge in [0.05, 0.1) is 22.8 Å². The van der Waals surface area contributed by atoms with Gasteiger partial charge >= 0.3 is 0 Å². The fourth-order valence-electron chi connectivity index (χ4n) is 2.37. The van der Waals surface area contributed by atoms with Crippen LogP contribution < -0.4 is 19.8 Å². The lowest BCUT2D eigenvalue weighted by atomic mass is 10.1. The summed E-state index contributed by atoms with van der Waals surface area (Å²) in [4.78, 5) is 21.6. The Hall–Kier alpha value is -3.43.